The van der Waals surface area contributed by atoms with Gasteiger partial charge in [0.2, 0.25) is 0 Å². The second kappa shape index (κ2) is 5.60. The molecule has 1 unspecified atom stereocenters. The Morgan fingerprint density at radius 1 is 1.15 bits per heavy atom. The Kier molecular flexibility index (Phi) is 4.06. The van der Waals surface area contributed by atoms with Crippen LogP contribution in [0.25, 0.3) is 0 Å². The van der Waals surface area contributed by atoms with Gasteiger partial charge in [-0.25, -0.2) is 12.8 Å². The summed E-state index contributed by atoms with van der Waals surface area (Å²) >= 11 is 0. The summed E-state index contributed by atoms with van der Waals surface area (Å²) in [7, 11) is -3.89. The zero-order valence-corrected chi connectivity index (χ0v) is 11.6. The van der Waals surface area contributed by atoms with E-state index in [1.165, 1.54) is 49.4 Å². The molecule has 2 N–H and O–H groups in total. The fourth-order valence-corrected chi connectivity index (χ4v) is 2.81. The van der Waals surface area contributed by atoms with Gasteiger partial charge in [-0.15, -0.1) is 0 Å². The van der Waals surface area contributed by atoms with Gasteiger partial charge >= 0.3 is 0 Å². The summed E-state index contributed by atoms with van der Waals surface area (Å²) in [6, 6.07) is 11.4. The molecule has 2 aromatic carbocycles. The van der Waals surface area contributed by atoms with Crippen molar-refractivity contribution in [2.24, 2.45) is 0 Å². The van der Waals surface area contributed by atoms with Crippen molar-refractivity contribution in [3.8, 4) is 0 Å². The molecule has 0 aliphatic rings. The summed E-state index contributed by atoms with van der Waals surface area (Å²) in [5, 5.41) is 9.47. The van der Waals surface area contributed by atoms with Gasteiger partial charge in [0.25, 0.3) is 10.0 Å². The molecule has 0 fully saturated rings. The predicted molar refractivity (Wildman–Crippen MR) is 74.3 cm³/mol. The Bertz CT molecular complexity index is 714. The molecule has 4 nitrogen and oxygen atoms in total. The van der Waals surface area contributed by atoms with Crippen molar-refractivity contribution >= 4 is 15.7 Å². The number of nitrogens with one attached hydrogen (secondary N) is 1. The number of aliphatic hydroxyl groups is 1. The molecule has 0 spiro atoms. The van der Waals surface area contributed by atoms with Crippen LogP contribution in [0.15, 0.2) is 53.4 Å². The molecule has 20 heavy (non-hydrogen) atoms. The first-order valence-corrected chi connectivity index (χ1v) is 7.44. The number of aliphatic hydroxyl groups excluding tert-OH is 1. The minimum atomic E-state index is -3.89. The van der Waals surface area contributed by atoms with E-state index in [9.17, 15) is 17.9 Å². The second-order valence-corrected chi connectivity index (χ2v) is 6.02. The minimum absolute atomic E-state index is 0.0286. The number of anilines is 1. The Morgan fingerprint density at radius 2 is 1.85 bits per heavy atom. The largest absolute Gasteiger partial charge is 0.389 e. The number of halogens is 1. The third-order valence-electron chi connectivity index (χ3n) is 2.77. The SMILES string of the molecule is CC(O)c1cccc(S(=O)(=O)Nc2ccccc2F)c1. The highest BCUT2D eigenvalue weighted by molar-refractivity contribution is 7.92. The first-order valence-electron chi connectivity index (χ1n) is 5.95. The van der Waals surface area contributed by atoms with Crippen LogP contribution in [0.5, 0.6) is 0 Å². The van der Waals surface area contributed by atoms with Gasteiger partial charge in [-0.1, -0.05) is 24.3 Å². The van der Waals surface area contributed by atoms with E-state index >= 15 is 0 Å². The number of hydrogen-bond acceptors (Lipinski definition) is 3. The average molecular weight is 295 g/mol. The molecule has 0 saturated carbocycles. The summed E-state index contributed by atoms with van der Waals surface area (Å²) in [5.74, 6) is -0.650. The van der Waals surface area contributed by atoms with E-state index in [-0.39, 0.29) is 10.6 Å². The van der Waals surface area contributed by atoms with Crippen LogP contribution in [0.3, 0.4) is 0 Å². The number of hydrogen-bond donors (Lipinski definition) is 2. The standard InChI is InChI=1S/C14H14FNO3S/c1-10(17)11-5-4-6-12(9-11)20(18,19)16-14-8-3-2-7-13(14)15/h2-10,16-17H,1H3. The van der Waals surface area contributed by atoms with Crippen LogP contribution in [0.2, 0.25) is 0 Å². The molecule has 0 heterocycles. The number of para-hydroxylation sites is 1. The van der Waals surface area contributed by atoms with E-state index in [0.29, 0.717) is 5.56 Å². The van der Waals surface area contributed by atoms with Crippen LogP contribution in [0.4, 0.5) is 10.1 Å². The molecule has 6 heteroatoms. The van der Waals surface area contributed by atoms with Crippen molar-refractivity contribution in [3.63, 3.8) is 0 Å². The molecule has 2 aromatic rings. The molecular weight excluding hydrogens is 281 g/mol. The molecule has 0 radical (unpaired) electrons. The smallest absolute Gasteiger partial charge is 0.261 e. The van der Waals surface area contributed by atoms with Crippen LogP contribution in [0.1, 0.15) is 18.6 Å². The quantitative estimate of drug-likeness (QED) is 0.911. The Hall–Kier alpha value is -1.92. The minimum Gasteiger partial charge on any atom is -0.389 e. The lowest BCUT2D eigenvalue weighted by Crippen LogP contribution is -2.14. The molecular formula is C14H14FNO3S. The van der Waals surface area contributed by atoms with Gasteiger partial charge in [0, 0.05) is 0 Å². The Balaban J connectivity index is 2.36. The molecule has 0 amide bonds. The van der Waals surface area contributed by atoms with Crippen molar-refractivity contribution in [3.05, 3.63) is 59.9 Å². The molecule has 1 atom stereocenters. The van der Waals surface area contributed by atoms with Gasteiger partial charge in [0.1, 0.15) is 5.82 Å². The highest BCUT2D eigenvalue weighted by Gasteiger charge is 2.17. The van der Waals surface area contributed by atoms with E-state index in [0.717, 1.165) is 0 Å². The first-order chi connectivity index (χ1) is 9.40. The van der Waals surface area contributed by atoms with Gasteiger partial charge in [-0.05, 0) is 36.8 Å². The molecule has 0 saturated heterocycles. The lowest BCUT2D eigenvalue weighted by molar-refractivity contribution is 0.199. The van der Waals surface area contributed by atoms with Crippen LogP contribution >= 0.6 is 0 Å². The van der Waals surface area contributed by atoms with Crippen molar-refractivity contribution in [1.29, 1.82) is 0 Å². The van der Waals surface area contributed by atoms with Gasteiger partial charge in [-0.3, -0.25) is 4.72 Å². The highest BCUT2D eigenvalue weighted by atomic mass is 32.2. The maximum absolute atomic E-state index is 13.5. The lowest BCUT2D eigenvalue weighted by Gasteiger charge is -2.11. The first kappa shape index (κ1) is 14.5. The van der Waals surface area contributed by atoms with Crippen LogP contribution < -0.4 is 4.72 Å². The van der Waals surface area contributed by atoms with Gasteiger partial charge in [-0.2, -0.15) is 0 Å². The van der Waals surface area contributed by atoms with E-state index in [4.69, 9.17) is 0 Å². The molecule has 0 aliphatic carbocycles. The molecule has 0 aromatic heterocycles. The van der Waals surface area contributed by atoms with Crippen LogP contribution in [-0.4, -0.2) is 13.5 Å². The molecule has 0 bridgehead atoms. The monoisotopic (exact) mass is 295 g/mol. The Labute approximate surface area is 116 Å². The lowest BCUT2D eigenvalue weighted by atomic mass is 10.1. The van der Waals surface area contributed by atoms with Crippen LogP contribution in [0, 0.1) is 5.82 Å². The van der Waals surface area contributed by atoms with Crippen molar-refractivity contribution < 1.29 is 17.9 Å². The zero-order chi connectivity index (χ0) is 14.8. The maximum Gasteiger partial charge on any atom is 0.261 e. The summed E-state index contributed by atoms with van der Waals surface area (Å²) < 4.78 is 40.0. The van der Waals surface area contributed by atoms with E-state index < -0.39 is 21.9 Å². The second-order valence-electron chi connectivity index (χ2n) is 4.33. The van der Waals surface area contributed by atoms with Crippen LogP contribution in [-0.2, 0) is 10.0 Å². The predicted octanol–water partition coefficient (Wildman–Crippen LogP) is 2.68. The fraction of sp³-hybridized carbons (Fsp3) is 0.143. The normalized spacial score (nSPS) is 12.9. The topological polar surface area (TPSA) is 66.4 Å². The van der Waals surface area contributed by atoms with Gasteiger partial charge in [0.05, 0.1) is 16.7 Å². The van der Waals surface area contributed by atoms with E-state index in [2.05, 4.69) is 4.72 Å². The van der Waals surface area contributed by atoms with Gasteiger partial charge < -0.3 is 5.11 Å². The number of benzene rings is 2. The number of rotatable bonds is 4. The highest BCUT2D eigenvalue weighted by Crippen LogP contribution is 2.21. The maximum atomic E-state index is 13.5. The van der Waals surface area contributed by atoms with Crippen molar-refractivity contribution in [1.82, 2.24) is 0 Å². The van der Waals surface area contributed by atoms with E-state index in [1.807, 2.05) is 0 Å². The fourth-order valence-electron chi connectivity index (χ4n) is 1.69. The van der Waals surface area contributed by atoms with Crippen molar-refractivity contribution in [2.45, 2.75) is 17.9 Å². The number of sulfonamides is 1. The third-order valence-corrected chi connectivity index (χ3v) is 4.13. The average Bonchev–Trinajstić information content (AvgIpc) is 2.41. The van der Waals surface area contributed by atoms with E-state index in [1.54, 1.807) is 6.07 Å². The summed E-state index contributed by atoms with van der Waals surface area (Å²) in [6.45, 7) is 1.54. The molecule has 106 valence electrons. The van der Waals surface area contributed by atoms with Gasteiger partial charge in [0.15, 0.2) is 0 Å². The third kappa shape index (κ3) is 3.15. The molecule has 0 aliphatic heterocycles. The summed E-state index contributed by atoms with van der Waals surface area (Å²) in [6.07, 6.45) is -0.779. The molecule has 2 rings (SSSR count). The summed E-state index contributed by atoms with van der Waals surface area (Å²) in [4.78, 5) is -0.0286. The summed E-state index contributed by atoms with van der Waals surface area (Å²) in [5.41, 5.74) is 0.358. The van der Waals surface area contributed by atoms with Crippen molar-refractivity contribution in [2.75, 3.05) is 4.72 Å². The zero-order valence-electron chi connectivity index (χ0n) is 10.7. The Morgan fingerprint density at radius 3 is 2.50 bits per heavy atom.